The number of para-hydroxylation sites is 1. The van der Waals surface area contributed by atoms with Crippen molar-refractivity contribution in [2.45, 2.75) is 31.7 Å². The third-order valence-corrected chi connectivity index (χ3v) is 5.70. The molecule has 5 heteroatoms. The van der Waals surface area contributed by atoms with Gasteiger partial charge in [0, 0.05) is 30.6 Å². The first-order valence-electron chi connectivity index (χ1n) is 9.86. The van der Waals surface area contributed by atoms with Crippen LogP contribution < -0.4 is 10.1 Å². The van der Waals surface area contributed by atoms with Crippen LogP contribution in [0.2, 0.25) is 0 Å². The lowest BCUT2D eigenvalue weighted by Crippen LogP contribution is -2.36. The van der Waals surface area contributed by atoms with E-state index in [-0.39, 0.29) is 23.7 Å². The number of methoxy groups -OCH3 is 1. The number of amides is 2. The van der Waals surface area contributed by atoms with Gasteiger partial charge in [-0.25, -0.2) is 0 Å². The van der Waals surface area contributed by atoms with Gasteiger partial charge in [0.05, 0.1) is 13.0 Å². The van der Waals surface area contributed by atoms with E-state index < -0.39 is 0 Å². The summed E-state index contributed by atoms with van der Waals surface area (Å²) in [6, 6.07) is 15.7. The Hall–Kier alpha value is -2.82. The van der Waals surface area contributed by atoms with Crippen LogP contribution in [0, 0.1) is 12.8 Å². The standard InChI is InChI=1S/C23H26N2O3/c1-15-7-9-16(10-8-15)23(27)25-13-19(18-5-3-4-6-21(18)28-2)20(14-25)22(26)24-17-11-12-17/h3-10,17,19-20H,11-14H2,1-2H3,(H,24,26)/t19-,20+/m0/s1. The number of carbonyl (C=O) groups is 2. The van der Waals surface area contributed by atoms with E-state index in [2.05, 4.69) is 5.32 Å². The summed E-state index contributed by atoms with van der Waals surface area (Å²) in [5.74, 6) is 0.427. The van der Waals surface area contributed by atoms with Crippen molar-refractivity contribution in [1.82, 2.24) is 10.2 Å². The topological polar surface area (TPSA) is 58.6 Å². The molecule has 2 fully saturated rings. The molecular weight excluding hydrogens is 352 g/mol. The highest BCUT2D eigenvalue weighted by molar-refractivity contribution is 5.95. The number of ether oxygens (including phenoxy) is 1. The van der Waals surface area contributed by atoms with E-state index in [9.17, 15) is 9.59 Å². The summed E-state index contributed by atoms with van der Waals surface area (Å²) < 4.78 is 5.54. The molecule has 2 amide bonds. The lowest BCUT2D eigenvalue weighted by Gasteiger charge is -2.20. The normalized spacial score (nSPS) is 21.4. The van der Waals surface area contributed by atoms with Gasteiger partial charge in [-0.3, -0.25) is 9.59 Å². The summed E-state index contributed by atoms with van der Waals surface area (Å²) in [4.78, 5) is 27.8. The van der Waals surface area contributed by atoms with Crippen LogP contribution in [0.4, 0.5) is 0 Å². The molecule has 1 saturated heterocycles. The van der Waals surface area contributed by atoms with Crippen molar-refractivity contribution in [3.63, 3.8) is 0 Å². The quantitative estimate of drug-likeness (QED) is 0.870. The van der Waals surface area contributed by atoms with Crippen LogP contribution in [0.5, 0.6) is 5.75 Å². The van der Waals surface area contributed by atoms with Gasteiger partial charge >= 0.3 is 0 Å². The predicted octanol–water partition coefficient (Wildman–Crippen LogP) is 3.14. The molecule has 2 aromatic rings. The molecule has 1 saturated carbocycles. The monoisotopic (exact) mass is 378 g/mol. The molecule has 1 aliphatic heterocycles. The van der Waals surface area contributed by atoms with E-state index >= 15 is 0 Å². The largest absolute Gasteiger partial charge is 0.496 e. The zero-order valence-corrected chi connectivity index (χ0v) is 16.4. The van der Waals surface area contributed by atoms with Gasteiger partial charge in [-0.05, 0) is 43.5 Å². The molecule has 2 atom stereocenters. The summed E-state index contributed by atoms with van der Waals surface area (Å²) in [5.41, 5.74) is 2.76. The number of carbonyl (C=O) groups excluding carboxylic acids is 2. The SMILES string of the molecule is COc1ccccc1[C@@H]1CN(C(=O)c2ccc(C)cc2)C[C@H]1C(=O)NC1CC1. The zero-order valence-electron chi connectivity index (χ0n) is 16.4. The summed E-state index contributed by atoms with van der Waals surface area (Å²) in [6.45, 7) is 2.93. The van der Waals surface area contributed by atoms with Crippen LogP contribution in [0.15, 0.2) is 48.5 Å². The van der Waals surface area contributed by atoms with Gasteiger partial charge in [-0.1, -0.05) is 35.9 Å². The van der Waals surface area contributed by atoms with E-state index in [4.69, 9.17) is 4.74 Å². The first-order chi connectivity index (χ1) is 13.6. The fourth-order valence-electron chi connectivity index (χ4n) is 3.94. The lowest BCUT2D eigenvalue weighted by molar-refractivity contribution is -0.125. The van der Waals surface area contributed by atoms with Crippen LogP contribution >= 0.6 is 0 Å². The van der Waals surface area contributed by atoms with Gasteiger partial charge in [-0.15, -0.1) is 0 Å². The van der Waals surface area contributed by atoms with Crippen molar-refractivity contribution in [2.75, 3.05) is 20.2 Å². The second-order valence-corrected chi connectivity index (χ2v) is 7.81. The lowest BCUT2D eigenvalue weighted by atomic mass is 9.87. The molecule has 1 aliphatic carbocycles. The summed E-state index contributed by atoms with van der Waals surface area (Å²) >= 11 is 0. The molecule has 146 valence electrons. The Labute approximate surface area is 165 Å². The highest BCUT2D eigenvalue weighted by Crippen LogP contribution is 2.38. The van der Waals surface area contributed by atoms with Crippen molar-refractivity contribution < 1.29 is 14.3 Å². The number of nitrogens with one attached hydrogen (secondary N) is 1. The number of hydrogen-bond donors (Lipinski definition) is 1. The van der Waals surface area contributed by atoms with Crippen molar-refractivity contribution in [3.05, 3.63) is 65.2 Å². The highest BCUT2D eigenvalue weighted by atomic mass is 16.5. The smallest absolute Gasteiger partial charge is 0.253 e. The molecule has 28 heavy (non-hydrogen) atoms. The minimum absolute atomic E-state index is 0.0263. The molecule has 1 heterocycles. The van der Waals surface area contributed by atoms with Gasteiger partial charge in [0.2, 0.25) is 5.91 Å². The third-order valence-electron chi connectivity index (χ3n) is 5.70. The zero-order chi connectivity index (χ0) is 19.7. The van der Waals surface area contributed by atoms with E-state index in [1.807, 2.05) is 55.5 Å². The third kappa shape index (κ3) is 3.75. The molecule has 0 radical (unpaired) electrons. The first-order valence-corrected chi connectivity index (χ1v) is 9.86. The van der Waals surface area contributed by atoms with Crippen molar-refractivity contribution in [1.29, 1.82) is 0 Å². The van der Waals surface area contributed by atoms with Crippen LogP contribution in [0.3, 0.4) is 0 Å². The predicted molar refractivity (Wildman–Crippen MR) is 107 cm³/mol. The van der Waals surface area contributed by atoms with Gasteiger partial charge in [0.1, 0.15) is 5.75 Å². The number of likely N-dealkylation sites (tertiary alicyclic amines) is 1. The summed E-state index contributed by atoms with van der Waals surface area (Å²) in [7, 11) is 1.64. The molecule has 0 unspecified atom stereocenters. The molecule has 0 spiro atoms. The molecule has 0 bridgehead atoms. The Morgan fingerprint density at radius 1 is 1.04 bits per heavy atom. The Balaban J connectivity index is 1.61. The van der Waals surface area contributed by atoms with Crippen molar-refractivity contribution in [3.8, 4) is 5.75 Å². The molecule has 2 aromatic carbocycles. The second-order valence-electron chi connectivity index (χ2n) is 7.81. The van der Waals surface area contributed by atoms with Gasteiger partial charge in [-0.2, -0.15) is 0 Å². The molecule has 1 N–H and O–H groups in total. The second kappa shape index (κ2) is 7.66. The average Bonchev–Trinajstić information content (AvgIpc) is 3.41. The average molecular weight is 378 g/mol. The Kier molecular flexibility index (Phi) is 5.07. The van der Waals surface area contributed by atoms with E-state index in [1.165, 1.54) is 0 Å². The van der Waals surface area contributed by atoms with Crippen LogP contribution in [0.25, 0.3) is 0 Å². The number of aryl methyl sites for hydroxylation is 1. The summed E-state index contributed by atoms with van der Waals surface area (Å²) in [5, 5.41) is 3.12. The molecule has 5 nitrogen and oxygen atoms in total. The van der Waals surface area contributed by atoms with Crippen molar-refractivity contribution >= 4 is 11.8 Å². The van der Waals surface area contributed by atoms with Gasteiger partial charge < -0.3 is 15.0 Å². The minimum atomic E-state index is -0.272. The fraction of sp³-hybridized carbons (Fsp3) is 0.391. The minimum Gasteiger partial charge on any atom is -0.496 e. The highest BCUT2D eigenvalue weighted by Gasteiger charge is 2.42. The summed E-state index contributed by atoms with van der Waals surface area (Å²) in [6.07, 6.45) is 2.09. The Morgan fingerprint density at radius 3 is 2.43 bits per heavy atom. The molecule has 4 rings (SSSR count). The first kappa shape index (κ1) is 18.5. The Bertz CT molecular complexity index is 874. The van der Waals surface area contributed by atoms with Gasteiger partial charge in [0.25, 0.3) is 5.91 Å². The fourth-order valence-corrected chi connectivity index (χ4v) is 3.94. The van der Waals surface area contributed by atoms with E-state index in [0.717, 1.165) is 29.7 Å². The Morgan fingerprint density at radius 2 is 1.75 bits per heavy atom. The van der Waals surface area contributed by atoms with Crippen molar-refractivity contribution in [2.24, 2.45) is 5.92 Å². The number of nitrogens with zero attached hydrogens (tertiary/aromatic N) is 1. The van der Waals surface area contributed by atoms with E-state index in [0.29, 0.717) is 24.7 Å². The van der Waals surface area contributed by atoms with Crippen LogP contribution in [-0.2, 0) is 4.79 Å². The number of hydrogen-bond acceptors (Lipinski definition) is 3. The molecular formula is C23H26N2O3. The van der Waals surface area contributed by atoms with Gasteiger partial charge in [0.15, 0.2) is 0 Å². The molecule has 0 aromatic heterocycles. The number of rotatable bonds is 5. The maximum atomic E-state index is 13.1. The molecule has 2 aliphatic rings. The van der Waals surface area contributed by atoms with Crippen LogP contribution in [0.1, 0.15) is 40.2 Å². The maximum absolute atomic E-state index is 13.1. The van der Waals surface area contributed by atoms with E-state index in [1.54, 1.807) is 12.0 Å². The number of benzene rings is 2. The van der Waals surface area contributed by atoms with Crippen LogP contribution in [-0.4, -0.2) is 43.0 Å². The maximum Gasteiger partial charge on any atom is 0.253 e.